The highest BCUT2D eigenvalue weighted by molar-refractivity contribution is 6.06. The Bertz CT molecular complexity index is 737. The molecule has 3 rings (SSSR count). The van der Waals surface area contributed by atoms with E-state index in [2.05, 4.69) is 15.7 Å². The third-order valence-corrected chi connectivity index (χ3v) is 2.98. The Kier molecular flexibility index (Phi) is 2.98. The number of aryl methyl sites for hydroxylation is 1. The summed E-state index contributed by atoms with van der Waals surface area (Å²) in [7, 11) is 1.72. The van der Waals surface area contributed by atoms with Gasteiger partial charge in [-0.05, 0) is 12.1 Å². The number of amides is 2. The summed E-state index contributed by atoms with van der Waals surface area (Å²) >= 11 is 0. The molecule has 0 spiro atoms. The first-order valence-electron chi connectivity index (χ1n) is 6.20. The lowest BCUT2D eigenvalue weighted by Crippen LogP contribution is -2.25. The van der Waals surface area contributed by atoms with Gasteiger partial charge in [-0.25, -0.2) is 0 Å². The highest BCUT2D eigenvalue weighted by Gasteiger charge is 2.19. The van der Waals surface area contributed by atoms with Crippen LogP contribution in [0.2, 0.25) is 0 Å². The summed E-state index contributed by atoms with van der Waals surface area (Å²) in [6.45, 7) is -0.0495. The normalized spacial score (nSPS) is 13.1. The van der Waals surface area contributed by atoms with Crippen molar-refractivity contribution in [2.45, 2.75) is 0 Å². The second-order valence-electron chi connectivity index (χ2n) is 4.60. The van der Waals surface area contributed by atoms with E-state index in [0.29, 0.717) is 22.8 Å². The molecule has 0 aliphatic carbocycles. The van der Waals surface area contributed by atoms with Gasteiger partial charge in [-0.1, -0.05) is 0 Å². The number of anilines is 3. The first-order chi connectivity index (χ1) is 10.0. The number of nitrogens with zero attached hydrogens (tertiary/aromatic N) is 2. The van der Waals surface area contributed by atoms with Crippen molar-refractivity contribution in [3.8, 4) is 5.75 Å². The molecule has 1 aliphatic rings. The number of benzene rings is 1. The van der Waals surface area contributed by atoms with E-state index in [4.69, 9.17) is 10.5 Å². The number of nitrogens with one attached hydrogen (secondary N) is 2. The molecule has 2 aromatic rings. The molecule has 0 radical (unpaired) electrons. The van der Waals surface area contributed by atoms with Crippen LogP contribution in [0.1, 0.15) is 10.5 Å². The number of carbonyl (C=O) groups excluding carboxylic acids is 2. The summed E-state index contributed by atoms with van der Waals surface area (Å²) in [5.74, 6) is -0.164. The van der Waals surface area contributed by atoms with Crippen molar-refractivity contribution in [1.29, 1.82) is 0 Å². The number of carbonyl (C=O) groups is 2. The Hall–Kier alpha value is -3.03. The van der Waals surface area contributed by atoms with Crippen LogP contribution in [0.4, 0.5) is 17.1 Å². The van der Waals surface area contributed by atoms with Gasteiger partial charge in [-0.3, -0.25) is 14.3 Å². The minimum Gasteiger partial charge on any atom is -0.482 e. The van der Waals surface area contributed by atoms with Crippen molar-refractivity contribution >= 4 is 28.9 Å². The van der Waals surface area contributed by atoms with Gasteiger partial charge in [0.15, 0.2) is 12.3 Å². The molecule has 0 saturated carbocycles. The van der Waals surface area contributed by atoms with Gasteiger partial charge in [0.1, 0.15) is 5.75 Å². The van der Waals surface area contributed by atoms with E-state index >= 15 is 0 Å². The Morgan fingerprint density at radius 3 is 3.05 bits per heavy atom. The zero-order valence-corrected chi connectivity index (χ0v) is 11.2. The summed E-state index contributed by atoms with van der Waals surface area (Å²) in [6, 6.07) is 4.71. The van der Waals surface area contributed by atoms with Gasteiger partial charge in [-0.2, -0.15) is 5.10 Å². The molecule has 0 fully saturated rings. The van der Waals surface area contributed by atoms with E-state index in [-0.39, 0.29) is 24.1 Å². The van der Waals surface area contributed by atoms with E-state index in [0.717, 1.165) is 0 Å². The molecular weight excluding hydrogens is 274 g/mol. The van der Waals surface area contributed by atoms with Gasteiger partial charge in [0.2, 0.25) is 0 Å². The summed E-state index contributed by atoms with van der Waals surface area (Å²) in [5, 5.41) is 9.32. The van der Waals surface area contributed by atoms with Crippen LogP contribution in [0.5, 0.6) is 5.75 Å². The third kappa shape index (κ3) is 2.50. The SMILES string of the molecule is Cn1ccc(C(=O)Nc2cc3c(cc2N)OCC(=O)N3)n1. The number of ether oxygens (including phenoxy) is 1. The predicted octanol–water partition coefficient (Wildman–Crippen LogP) is 0.585. The fourth-order valence-electron chi connectivity index (χ4n) is 1.97. The first kappa shape index (κ1) is 13.0. The Morgan fingerprint density at radius 1 is 1.52 bits per heavy atom. The molecule has 8 nitrogen and oxygen atoms in total. The van der Waals surface area contributed by atoms with Crippen LogP contribution in [0, 0.1) is 0 Å². The smallest absolute Gasteiger partial charge is 0.276 e. The number of hydrogen-bond acceptors (Lipinski definition) is 5. The molecule has 1 aromatic heterocycles. The molecule has 21 heavy (non-hydrogen) atoms. The van der Waals surface area contributed by atoms with E-state index in [1.807, 2.05) is 0 Å². The molecule has 108 valence electrons. The molecule has 1 aliphatic heterocycles. The third-order valence-electron chi connectivity index (χ3n) is 2.98. The fourth-order valence-corrected chi connectivity index (χ4v) is 1.97. The summed E-state index contributed by atoms with van der Waals surface area (Å²) in [6.07, 6.45) is 1.67. The highest BCUT2D eigenvalue weighted by atomic mass is 16.5. The molecule has 2 amide bonds. The Balaban J connectivity index is 1.87. The first-order valence-corrected chi connectivity index (χ1v) is 6.20. The average molecular weight is 287 g/mol. The number of nitrogen functional groups attached to an aromatic ring is 1. The van der Waals surface area contributed by atoms with E-state index in [1.54, 1.807) is 31.4 Å². The number of rotatable bonds is 2. The molecule has 4 N–H and O–H groups in total. The maximum absolute atomic E-state index is 12.1. The zero-order chi connectivity index (χ0) is 15.0. The largest absolute Gasteiger partial charge is 0.482 e. The molecule has 0 unspecified atom stereocenters. The molecule has 8 heteroatoms. The van der Waals surface area contributed by atoms with Crippen LogP contribution in [0.15, 0.2) is 24.4 Å². The maximum atomic E-state index is 12.1. The molecule has 1 aromatic carbocycles. The second-order valence-corrected chi connectivity index (χ2v) is 4.60. The Labute approximate surface area is 119 Å². The monoisotopic (exact) mass is 287 g/mol. The zero-order valence-electron chi connectivity index (χ0n) is 11.2. The standard InChI is InChI=1S/C13H13N5O3/c1-18-3-2-8(17-18)13(20)16-9-5-10-11(4-7(9)14)21-6-12(19)15-10/h2-5H,6,14H2,1H3,(H,15,19)(H,16,20). The lowest BCUT2D eigenvalue weighted by molar-refractivity contribution is -0.118. The number of hydrogen-bond donors (Lipinski definition) is 3. The van der Waals surface area contributed by atoms with Crippen LogP contribution >= 0.6 is 0 Å². The minimum absolute atomic E-state index is 0.0495. The van der Waals surface area contributed by atoms with Gasteiger partial charge < -0.3 is 21.1 Å². The van der Waals surface area contributed by atoms with Crippen molar-refractivity contribution < 1.29 is 14.3 Å². The number of fused-ring (bicyclic) bond motifs is 1. The van der Waals surface area contributed by atoms with Gasteiger partial charge in [0.25, 0.3) is 11.8 Å². The summed E-state index contributed by atoms with van der Waals surface area (Å²) < 4.78 is 6.77. The van der Waals surface area contributed by atoms with Gasteiger partial charge in [0, 0.05) is 19.3 Å². The van der Waals surface area contributed by atoms with Crippen molar-refractivity contribution in [1.82, 2.24) is 9.78 Å². The number of nitrogens with two attached hydrogens (primary N) is 1. The topological polar surface area (TPSA) is 111 Å². The number of aromatic nitrogens is 2. The fraction of sp³-hybridized carbons (Fsp3) is 0.154. The summed E-state index contributed by atoms with van der Waals surface area (Å²) in [4.78, 5) is 23.4. The van der Waals surface area contributed by atoms with Crippen LogP contribution in [-0.2, 0) is 11.8 Å². The molecule has 2 heterocycles. The van der Waals surface area contributed by atoms with Crippen LogP contribution in [-0.4, -0.2) is 28.2 Å². The Morgan fingerprint density at radius 2 is 2.33 bits per heavy atom. The van der Waals surface area contributed by atoms with Gasteiger partial charge in [0.05, 0.1) is 17.1 Å². The minimum atomic E-state index is -0.384. The van der Waals surface area contributed by atoms with E-state index in [1.165, 1.54) is 4.68 Å². The predicted molar refractivity (Wildman–Crippen MR) is 76.1 cm³/mol. The van der Waals surface area contributed by atoms with Crippen molar-refractivity contribution in [3.05, 3.63) is 30.1 Å². The molecular formula is C13H13N5O3. The summed E-state index contributed by atoms with van der Waals surface area (Å²) in [5.41, 5.74) is 7.35. The van der Waals surface area contributed by atoms with E-state index in [9.17, 15) is 9.59 Å². The van der Waals surface area contributed by atoms with Gasteiger partial charge in [-0.15, -0.1) is 0 Å². The molecule has 0 bridgehead atoms. The molecule has 0 saturated heterocycles. The van der Waals surface area contributed by atoms with Crippen LogP contribution < -0.4 is 21.1 Å². The van der Waals surface area contributed by atoms with Crippen LogP contribution in [0.25, 0.3) is 0 Å². The van der Waals surface area contributed by atoms with Gasteiger partial charge >= 0.3 is 0 Å². The lowest BCUT2D eigenvalue weighted by atomic mass is 10.2. The second kappa shape index (κ2) is 4.82. The van der Waals surface area contributed by atoms with Crippen molar-refractivity contribution in [3.63, 3.8) is 0 Å². The molecule has 0 atom stereocenters. The van der Waals surface area contributed by atoms with Crippen LogP contribution in [0.3, 0.4) is 0 Å². The highest BCUT2D eigenvalue weighted by Crippen LogP contribution is 2.35. The quantitative estimate of drug-likeness (QED) is 0.700. The van der Waals surface area contributed by atoms with E-state index < -0.39 is 0 Å². The lowest BCUT2D eigenvalue weighted by Gasteiger charge is -2.20. The van der Waals surface area contributed by atoms with Crippen molar-refractivity contribution in [2.24, 2.45) is 7.05 Å². The maximum Gasteiger partial charge on any atom is 0.276 e. The van der Waals surface area contributed by atoms with Crippen molar-refractivity contribution in [2.75, 3.05) is 23.0 Å². The average Bonchev–Trinajstić information content (AvgIpc) is 2.87.